The molecule has 2 aromatic carbocycles. The molecule has 2 aromatic heterocycles. The summed E-state index contributed by atoms with van der Waals surface area (Å²) < 4.78 is 45.1. The molecule has 2 unspecified atom stereocenters. The van der Waals surface area contributed by atoms with E-state index < -0.39 is 17.7 Å². The fraction of sp³-hybridized carbons (Fsp3) is 0.500. The SMILES string of the molecule is C[C@H]1CN2CCC[C@@]2(COc2nc3c4c(c(Cl)c(-c5ccc(F)c6sc(N)c(C#N)c56)c(F)c4n2)OCCC2C(O)CCCCN32)C1. The summed E-state index contributed by atoms with van der Waals surface area (Å²) in [5.41, 5.74) is 6.14. The Kier molecular flexibility index (Phi) is 7.59. The number of aromatic nitrogens is 2. The van der Waals surface area contributed by atoms with Crippen molar-refractivity contribution in [2.75, 3.05) is 43.5 Å². The van der Waals surface area contributed by atoms with Gasteiger partial charge in [-0.15, -0.1) is 11.3 Å². The first-order valence-corrected chi connectivity index (χ1v) is 17.5. The van der Waals surface area contributed by atoms with Crippen molar-refractivity contribution in [1.82, 2.24) is 14.9 Å². The van der Waals surface area contributed by atoms with Crippen molar-refractivity contribution in [3.05, 3.63) is 34.4 Å². The van der Waals surface area contributed by atoms with Crippen molar-refractivity contribution in [3.8, 4) is 29.0 Å². The Labute approximate surface area is 279 Å². The van der Waals surface area contributed by atoms with Gasteiger partial charge in [0.05, 0.1) is 45.0 Å². The fourth-order valence-electron chi connectivity index (χ4n) is 8.50. The fourth-order valence-corrected chi connectivity index (χ4v) is 9.79. The minimum atomic E-state index is -0.768. The highest BCUT2D eigenvalue weighted by Crippen LogP contribution is 2.51. The highest BCUT2D eigenvalue weighted by Gasteiger charge is 2.48. The van der Waals surface area contributed by atoms with E-state index in [1.54, 1.807) is 0 Å². The van der Waals surface area contributed by atoms with Crippen molar-refractivity contribution in [2.24, 2.45) is 5.92 Å². The minimum absolute atomic E-state index is 0.0335. The van der Waals surface area contributed by atoms with Crippen LogP contribution in [0.4, 0.5) is 19.6 Å². The number of anilines is 2. The Morgan fingerprint density at radius 3 is 2.89 bits per heavy atom. The van der Waals surface area contributed by atoms with E-state index in [-0.39, 0.29) is 72.3 Å². The number of halogens is 3. The number of ether oxygens (including phenoxy) is 2. The summed E-state index contributed by atoms with van der Waals surface area (Å²) in [6, 6.07) is 4.41. The van der Waals surface area contributed by atoms with Crippen LogP contribution in [0.3, 0.4) is 0 Å². The monoisotopic (exact) mass is 680 g/mol. The van der Waals surface area contributed by atoms with E-state index in [1.165, 1.54) is 12.1 Å². The molecule has 47 heavy (non-hydrogen) atoms. The van der Waals surface area contributed by atoms with Crippen molar-refractivity contribution < 1.29 is 23.4 Å². The Hall–Kier alpha value is -3.50. The van der Waals surface area contributed by atoms with Crippen LogP contribution in [0.5, 0.6) is 11.8 Å². The summed E-state index contributed by atoms with van der Waals surface area (Å²) in [5, 5.41) is 21.7. The van der Waals surface area contributed by atoms with Gasteiger partial charge in [-0.05, 0) is 62.6 Å². The van der Waals surface area contributed by atoms with Gasteiger partial charge in [-0.2, -0.15) is 15.2 Å². The Morgan fingerprint density at radius 1 is 1.21 bits per heavy atom. The number of fused-ring (bicyclic) bond motifs is 4. The number of aliphatic hydroxyl groups excluding tert-OH is 1. The first-order valence-electron chi connectivity index (χ1n) is 16.3. The molecule has 3 saturated heterocycles. The van der Waals surface area contributed by atoms with Crippen LogP contribution in [0.25, 0.3) is 32.1 Å². The largest absolute Gasteiger partial charge is 0.491 e. The lowest BCUT2D eigenvalue weighted by molar-refractivity contribution is 0.107. The molecule has 0 aliphatic carbocycles. The molecule has 246 valence electrons. The van der Waals surface area contributed by atoms with Gasteiger partial charge in [0.2, 0.25) is 0 Å². The highest BCUT2D eigenvalue weighted by molar-refractivity contribution is 7.23. The molecular weight excluding hydrogens is 646 g/mol. The summed E-state index contributed by atoms with van der Waals surface area (Å²) in [6.07, 6.45) is 5.28. The Balaban J connectivity index is 1.36. The number of nitrogens with two attached hydrogens (primary N) is 1. The lowest BCUT2D eigenvalue weighted by Crippen LogP contribution is -2.45. The van der Waals surface area contributed by atoms with Crippen LogP contribution in [-0.2, 0) is 0 Å². The second-order valence-corrected chi connectivity index (χ2v) is 14.9. The molecule has 0 radical (unpaired) electrons. The average molecular weight is 681 g/mol. The molecule has 8 rings (SSSR count). The van der Waals surface area contributed by atoms with Crippen LogP contribution < -0.4 is 20.1 Å². The number of hydrogen-bond donors (Lipinski definition) is 2. The molecule has 13 heteroatoms. The van der Waals surface area contributed by atoms with Crippen LogP contribution in [0.1, 0.15) is 57.4 Å². The number of nitriles is 1. The third-order valence-electron chi connectivity index (χ3n) is 10.5. The van der Waals surface area contributed by atoms with Crippen LogP contribution in [-0.4, -0.2) is 70.5 Å². The maximum Gasteiger partial charge on any atom is 0.319 e. The molecule has 6 heterocycles. The Morgan fingerprint density at radius 2 is 2.06 bits per heavy atom. The van der Waals surface area contributed by atoms with Gasteiger partial charge in [-0.1, -0.05) is 24.6 Å². The molecule has 3 N–H and O–H groups in total. The number of aliphatic hydroxyl groups is 1. The first-order chi connectivity index (χ1) is 22.7. The zero-order valence-corrected chi connectivity index (χ0v) is 27.6. The topological polar surface area (TPSA) is 121 Å². The zero-order chi connectivity index (χ0) is 32.6. The molecule has 3 fully saturated rings. The van der Waals surface area contributed by atoms with Crippen LogP contribution >= 0.6 is 22.9 Å². The highest BCUT2D eigenvalue weighted by atomic mass is 35.5. The second-order valence-electron chi connectivity index (χ2n) is 13.5. The predicted molar refractivity (Wildman–Crippen MR) is 178 cm³/mol. The second kappa shape index (κ2) is 11.6. The minimum Gasteiger partial charge on any atom is -0.491 e. The van der Waals surface area contributed by atoms with Gasteiger partial charge in [-0.3, -0.25) is 4.90 Å². The van der Waals surface area contributed by atoms with Gasteiger partial charge >= 0.3 is 6.01 Å². The number of rotatable bonds is 4. The van der Waals surface area contributed by atoms with Gasteiger partial charge in [0.1, 0.15) is 34.8 Å². The van der Waals surface area contributed by atoms with Gasteiger partial charge in [0.15, 0.2) is 11.6 Å². The van der Waals surface area contributed by atoms with Gasteiger partial charge < -0.3 is 25.2 Å². The standard InChI is InChI=1S/C34H35ClF2N6O3S/c1-17-13-34(9-4-10-42(34)15-17)16-46-33-40-28-25-29(45-12-8-21-22(44)5-2-3-11-43(21)32(25)41-33)26(35)24(27(28)37)18-6-7-20(36)30-23(18)19(14-38)31(39)47-30/h6-7,17,21-22,44H,2-5,8-13,15-16,39H2,1H3/t17-,21?,22?,34+/m1/s1. The van der Waals surface area contributed by atoms with Crippen LogP contribution in [0.2, 0.25) is 5.02 Å². The number of nitrogens with zero attached hydrogens (tertiary/aromatic N) is 5. The number of thiophene rings is 1. The van der Waals surface area contributed by atoms with Crippen molar-refractivity contribution in [3.63, 3.8) is 0 Å². The van der Waals surface area contributed by atoms with Crippen molar-refractivity contribution >= 4 is 54.7 Å². The molecule has 4 aliphatic heterocycles. The number of hydrogen-bond acceptors (Lipinski definition) is 10. The van der Waals surface area contributed by atoms with E-state index in [4.69, 9.17) is 31.8 Å². The third kappa shape index (κ3) is 4.80. The molecular formula is C34H35ClF2N6O3S. The molecule has 4 atom stereocenters. The maximum absolute atomic E-state index is 17.2. The van der Waals surface area contributed by atoms with Crippen molar-refractivity contribution in [2.45, 2.75) is 69.6 Å². The van der Waals surface area contributed by atoms with Gasteiger partial charge in [0, 0.05) is 30.5 Å². The average Bonchev–Trinajstić information content (AvgIpc) is 3.64. The third-order valence-corrected chi connectivity index (χ3v) is 11.9. The first kappa shape index (κ1) is 30.8. The maximum atomic E-state index is 17.2. The summed E-state index contributed by atoms with van der Waals surface area (Å²) in [7, 11) is 0. The number of benzene rings is 2. The molecule has 9 nitrogen and oxygen atoms in total. The smallest absolute Gasteiger partial charge is 0.319 e. The lowest BCUT2D eigenvalue weighted by Gasteiger charge is -2.37. The molecule has 0 saturated carbocycles. The summed E-state index contributed by atoms with van der Waals surface area (Å²) >= 11 is 8.00. The predicted octanol–water partition coefficient (Wildman–Crippen LogP) is 6.65. The lowest BCUT2D eigenvalue weighted by atomic mass is 9.92. The van der Waals surface area contributed by atoms with Gasteiger partial charge in [0.25, 0.3) is 0 Å². The van der Waals surface area contributed by atoms with Crippen molar-refractivity contribution in [1.29, 1.82) is 5.26 Å². The summed E-state index contributed by atoms with van der Waals surface area (Å²) in [6.45, 7) is 5.47. The molecule has 0 spiro atoms. The molecule has 4 aromatic rings. The van der Waals surface area contributed by atoms with E-state index in [0.29, 0.717) is 43.1 Å². The van der Waals surface area contributed by atoms with E-state index in [1.807, 2.05) is 4.90 Å². The summed E-state index contributed by atoms with van der Waals surface area (Å²) in [4.78, 5) is 14.1. The summed E-state index contributed by atoms with van der Waals surface area (Å²) in [5.74, 6) is -0.197. The molecule has 0 bridgehead atoms. The van der Waals surface area contributed by atoms with Gasteiger partial charge in [-0.25, -0.2) is 8.78 Å². The van der Waals surface area contributed by atoms with E-state index >= 15 is 8.78 Å². The normalized spacial score (nSPS) is 26.0. The Bertz CT molecular complexity index is 1970. The molecule has 0 amide bonds. The van der Waals surface area contributed by atoms with Crippen LogP contribution in [0.15, 0.2) is 12.1 Å². The van der Waals surface area contributed by atoms with E-state index in [0.717, 1.165) is 56.5 Å². The van der Waals surface area contributed by atoms with Crippen LogP contribution in [0, 0.1) is 28.9 Å². The quantitative estimate of drug-likeness (QED) is 0.244. The van der Waals surface area contributed by atoms with E-state index in [2.05, 4.69) is 22.9 Å². The molecule has 4 aliphatic rings. The number of nitrogen functional groups attached to an aromatic ring is 1. The zero-order valence-electron chi connectivity index (χ0n) is 26.0. The van der Waals surface area contributed by atoms with E-state index in [9.17, 15) is 10.4 Å².